The van der Waals surface area contributed by atoms with Crippen LogP contribution in [0.3, 0.4) is 0 Å². The van der Waals surface area contributed by atoms with Crippen molar-refractivity contribution >= 4 is 39.1 Å². The summed E-state index contributed by atoms with van der Waals surface area (Å²) in [5.41, 5.74) is 1.75. The molecule has 1 fully saturated rings. The number of nitrogens with one attached hydrogen (secondary N) is 1. The van der Waals surface area contributed by atoms with Crippen molar-refractivity contribution in [3.05, 3.63) is 58.1 Å². The standard InChI is InChI=1S/C21H21BrN4O2S/c1-28-17-6-2-4-14(10-17)19-18(7-9-29-19)20(27)26-8-3-5-16(26)13-25-21-23-11-15(22)12-24-21/h2,4,6-7,9-12,16H,3,5,8,13H2,1H3,(H,23,24,25)/t16-/m0/s1. The third-order valence-corrected chi connectivity index (χ3v) is 6.35. The van der Waals surface area contributed by atoms with Gasteiger partial charge in [0.2, 0.25) is 5.95 Å². The summed E-state index contributed by atoms with van der Waals surface area (Å²) in [6.45, 7) is 1.39. The molecule has 4 rings (SSSR count). The number of amides is 1. The number of likely N-dealkylation sites (tertiary alicyclic amines) is 1. The molecule has 1 N–H and O–H groups in total. The summed E-state index contributed by atoms with van der Waals surface area (Å²) in [6, 6.07) is 9.87. The predicted molar refractivity (Wildman–Crippen MR) is 119 cm³/mol. The molecular formula is C21H21BrN4O2S. The first kappa shape index (κ1) is 19.8. The molecule has 0 aliphatic carbocycles. The molecule has 0 bridgehead atoms. The average molecular weight is 473 g/mol. The van der Waals surface area contributed by atoms with Crippen LogP contribution in [0.2, 0.25) is 0 Å². The van der Waals surface area contributed by atoms with Crippen LogP contribution in [0.15, 0.2) is 52.6 Å². The first-order valence-electron chi connectivity index (χ1n) is 9.40. The zero-order chi connectivity index (χ0) is 20.2. The summed E-state index contributed by atoms with van der Waals surface area (Å²) in [4.78, 5) is 24.8. The van der Waals surface area contributed by atoms with Crippen molar-refractivity contribution in [1.82, 2.24) is 14.9 Å². The number of anilines is 1. The highest BCUT2D eigenvalue weighted by Gasteiger charge is 2.31. The zero-order valence-electron chi connectivity index (χ0n) is 16.0. The number of nitrogens with zero attached hydrogens (tertiary/aromatic N) is 3. The van der Waals surface area contributed by atoms with Gasteiger partial charge >= 0.3 is 0 Å². The van der Waals surface area contributed by atoms with E-state index in [4.69, 9.17) is 4.74 Å². The number of methoxy groups -OCH3 is 1. The van der Waals surface area contributed by atoms with Crippen molar-refractivity contribution < 1.29 is 9.53 Å². The number of aromatic nitrogens is 2. The second kappa shape index (κ2) is 8.92. The molecule has 2 aromatic heterocycles. The molecule has 6 nitrogen and oxygen atoms in total. The highest BCUT2D eigenvalue weighted by atomic mass is 79.9. The van der Waals surface area contributed by atoms with E-state index in [-0.39, 0.29) is 11.9 Å². The maximum absolute atomic E-state index is 13.4. The lowest BCUT2D eigenvalue weighted by atomic mass is 10.1. The smallest absolute Gasteiger partial charge is 0.255 e. The second-order valence-corrected chi connectivity index (χ2v) is 8.63. The Labute approximate surface area is 182 Å². The lowest BCUT2D eigenvalue weighted by Crippen LogP contribution is -2.39. The number of halogens is 1. The van der Waals surface area contributed by atoms with Crippen LogP contribution in [0.25, 0.3) is 10.4 Å². The minimum atomic E-state index is 0.0742. The number of thiophene rings is 1. The van der Waals surface area contributed by atoms with E-state index < -0.39 is 0 Å². The van der Waals surface area contributed by atoms with Crippen molar-refractivity contribution in [2.45, 2.75) is 18.9 Å². The van der Waals surface area contributed by atoms with E-state index in [9.17, 15) is 4.79 Å². The minimum absolute atomic E-state index is 0.0742. The van der Waals surface area contributed by atoms with Crippen LogP contribution in [0.1, 0.15) is 23.2 Å². The molecule has 3 heterocycles. The van der Waals surface area contributed by atoms with E-state index in [1.54, 1.807) is 30.8 Å². The molecule has 1 aliphatic rings. The molecule has 0 unspecified atom stereocenters. The molecular weight excluding hydrogens is 452 g/mol. The van der Waals surface area contributed by atoms with Gasteiger partial charge < -0.3 is 15.0 Å². The Hall–Kier alpha value is -2.45. The third-order valence-electron chi connectivity index (χ3n) is 4.98. The molecule has 1 aliphatic heterocycles. The summed E-state index contributed by atoms with van der Waals surface area (Å²) in [5.74, 6) is 1.43. The molecule has 0 radical (unpaired) electrons. The van der Waals surface area contributed by atoms with E-state index in [0.717, 1.165) is 45.6 Å². The fourth-order valence-electron chi connectivity index (χ4n) is 3.55. The maximum Gasteiger partial charge on any atom is 0.255 e. The van der Waals surface area contributed by atoms with Gasteiger partial charge in [-0.15, -0.1) is 11.3 Å². The summed E-state index contributed by atoms with van der Waals surface area (Å²) in [7, 11) is 1.65. The van der Waals surface area contributed by atoms with Crippen molar-refractivity contribution in [1.29, 1.82) is 0 Å². The molecule has 1 saturated heterocycles. The van der Waals surface area contributed by atoms with Gasteiger partial charge in [-0.05, 0) is 57.9 Å². The Bertz CT molecular complexity index is 992. The molecule has 0 spiro atoms. The van der Waals surface area contributed by atoms with Crippen LogP contribution in [0.5, 0.6) is 5.75 Å². The fourth-order valence-corrected chi connectivity index (χ4v) is 4.64. The van der Waals surface area contributed by atoms with Gasteiger partial charge in [0.15, 0.2) is 0 Å². The summed E-state index contributed by atoms with van der Waals surface area (Å²) >= 11 is 4.91. The normalized spacial score (nSPS) is 16.1. The van der Waals surface area contributed by atoms with Gasteiger partial charge in [-0.25, -0.2) is 9.97 Å². The average Bonchev–Trinajstić information content (AvgIpc) is 3.42. The first-order chi connectivity index (χ1) is 14.2. The lowest BCUT2D eigenvalue weighted by molar-refractivity contribution is 0.0745. The Morgan fingerprint density at radius 2 is 2.17 bits per heavy atom. The number of hydrogen-bond acceptors (Lipinski definition) is 6. The molecule has 150 valence electrons. The van der Waals surface area contributed by atoms with Crippen LogP contribution in [0.4, 0.5) is 5.95 Å². The molecule has 0 saturated carbocycles. The zero-order valence-corrected chi connectivity index (χ0v) is 18.4. The van der Waals surface area contributed by atoms with Crippen LogP contribution in [0, 0.1) is 0 Å². The van der Waals surface area contributed by atoms with E-state index in [1.807, 2.05) is 40.6 Å². The quantitative estimate of drug-likeness (QED) is 0.563. The van der Waals surface area contributed by atoms with Crippen LogP contribution in [-0.4, -0.2) is 47.0 Å². The van der Waals surface area contributed by atoms with Crippen LogP contribution < -0.4 is 10.1 Å². The Balaban J connectivity index is 1.50. The van der Waals surface area contributed by atoms with Gasteiger partial charge in [0.05, 0.1) is 17.1 Å². The number of hydrogen-bond donors (Lipinski definition) is 1. The third kappa shape index (κ3) is 4.43. The Morgan fingerprint density at radius 3 is 2.97 bits per heavy atom. The monoisotopic (exact) mass is 472 g/mol. The van der Waals surface area contributed by atoms with E-state index in [0.29, 0.717) is 12.5 Å². The highest BCUT2D eigenvalue weighted by Crippen LogP contribution is 2.33. The molecule has 1 aromatic carbocycles. The van der Waals surface area contributed by atoms with Gasteiger partial charge in [-0.3, -0.25) is 4.79 Å². The number of carbonyl (C=O) groups is 1. The number of rotatable bonds is 6. The van der Waals surface area contributed by atoms with Gasteiger partial charge in [0.1, 0.15) is 5.75 Å². The van der Waals surface area contributed by atoms with Crippen molar-refractivity contribution in [3.63, 3.8) is 0 Å². The van der Waals surface area contributed by atoms with E-state index in [2.05, 4.69) is 31.2 Å². The maximum atomic E-state index is 13.4. The van der Waals surface area contributed by atoms with Gasteiger partial charge in [0.25, 0.3) is 5.91 Å². The van der Waals surface area contributed by atoms with Crippen molar-refractivity contribution in [2.24, 2.45) is 0 Å². The van der Waals surface area contributed by atoms with Crippen molar-refractivity contribution in [2.75, 3.05) is 25.5 Å². The van der Waals surface area contributed by atoms with Crippen LogP contribution in [-0.2, 0) is 0 Å². The molecule has 8 heteroatoms. The number of ether oxygens (including phenoxy) is 1. The fraction of sp³-hybridized carbons (Fsp3) is 0.286. The summed E-state index contributed by atoms with van der Waals surface area (Å²) in [6.07, 6.45) is 5.38. The predicted octanol–water partition coefficient (Wildman–Crippen LogP) is 4.69. The molecule has 1 atom stereocenters. The van der Waals surface area contributed by atoms with Gasteiger partial charge in [-0.2, -0.15) is 0 Å². The first-order valence-corrected chi connectivity index (χ1v) is 11.1. The van der Waals surface area contributed by atoms with E-state index >= 15 is 0 Å². The SMILES string of the molecule is COc1cccc(-c2sccc2C(=O)N2CCC[C@H]2CNc2ncc(Br)cn2)c1. The molecule has 1 amide bonds. The molecule has 29 heavy (non-hydrogen) atoms. The summed E-state index contributed by atoms with van der Waals surface area (Å²) in [5, 5.41) is 5.23. The summed E-state index contributed by atoms with van der Waals surface area (Å²) < 4.78 is 6.17. The van der Waals surface area contributed by atoms with Crippen LogP contribution >= 0.6 is 27.3 Å². The Kier molecular flexibility index (Phi) is 6.10. The number of benzene rings is 1. The number of carbonyl (C=O) groups excluding carboxylic acids is 1. The van der Waals surface area contributed by atoms with Gasteiger partial charge in [-0.1, -0.05) is 12.1 Å². The Morgan fingerprint density at radius 1 is 1.34 bits per heavy atom. The van der Waals surface area contributed by atoms with Gasteiger partial charge in [0, 0.05) is 36.4 Å². The highest BCUT2D eigenvalue weighted by molar-refractivity contribution is 9.10. The second-order valence-electron chi connectivity index (χ2n) is 6.80. The lowest BCUT2D eigenvalue weighted by Gasteiger charge is -2.25. The topological polar surface area (TPSA) is 67.3 Å². The van der Waals surface area contributed by atoms with Crippen molar-refractivity contribution in [3.8, 4) is 16.2 Å². The van der Waals surface area contributed by atoms with E-state index in [1.165, 1.54) is 0 Å². The largest absolute Gasteiger partial charge is 0.497 e. The minimum Gasteiger partial charge on any atom is -0.497 e. The molecule has 3 aromatic rings.